The maximum Gasteiger partial charge on any atom is 0.268 e. The van der Waals surface area contributed by atoms with Crippen molar-refractivity contribution >= 4 is 61.7 Å². The van der Waals surface area contributed by atoms with Crippen molar-refractivity contribution in [2.24, 2.45) is 0 Å². The third kappa shape index (κ3) is 11.0. The Morgan fingerprint density at radius 2 is 1.00 bits per heavy atom. The van der Waals surface area contributed by atoms with E-state index < -0.39 is 149 Å². The van der Waals surface area contributed by atoms with Gasteiger partial charge in [-0.2, -0.15) is 18.2 Å². The molecule has 3 aromatic heterocycles. The van der Waals surface area contributed by atoms with Gasteiger partial charge in [0.2, 0.25) is 0 Å². The van der Waals surface area contributed by atoms with Crippen molar-refractivity contribution in [3.05, 3.63) is 320 Å². The minimum absolute atomic E-state index is 0. The predicted octanol–water partition coefficient (Wildman–Crippen LogP) is 19.5. The number of hydrogen-bond donors (Lipinski definition) is 0. The maximum atomic E-state index is 10.9. The molecule has 0 unspecified atom stereocenters. The molecule has 0 atom stereocenters. The Kier molecular flexibility index (Phi) is 11.2. The first-order valence-electron chi connectivity index (χ1n) is 41.4. The third-order valence-corrected chi connectivity index (χ3v) is 22.3. The summed E-state index contributed by atoms with van der Waals surface area (Å²) in [6.07, 6.45) is 5.70. The first-order chi connectivity index (χ1) is 54.4. The predicted molar refractivity (Wildman–Crippen MR) is 400 cm³/mol. The zero-order valence-corrected chi connectivity index (χ0v) is 58.0. The van der Waals surface area contributed by atoms with Gasteiger partial charge in [0.05, 0.1) is 42.8 Å². The Labute approximate surface area is 612 Å². The van der Waals surface area contributed by atoms with Crippen LogP contribution in [0.25, 0.3) is 106 Å². The molecule has 476 valence electrons. The molecule has 0 bridgehead atoms. The summed E-state index contributed by atoms with van der Waals surface area (Å²) in [5, 5.41) is -1.68. The Hall–Kier alpha value is -10.2. The maximum absolute atomic E-state index is 10.9. The molecule has 12 aromatic carbocycles. The average Bonchev–Trinajstić information content (AvgIpc) is 0.749. The molecule has 1 aliphatic rings. The number of hydrogen-bond acceptors (Lipinski definition) is 2. The number of fused-ring (bicyclic) bond motifs is 10. The van der Waals surface area contributed by atoms with E-state index in [1.54, 1.807) is 18.2 Å². The second kappa shape index (κ2) is 24.4. The zero-order valence-electron chi connectivity index (χ0n) is 73.7. The van der Waals surface area contributed by atoms with Gasteiger partial charge < -0.3 is 13.9 Å². The van der Waals surface area contributed by atoms with Crippen molar-refractivity contribution in [3.8, 4) is 84.3 Å². The third-order valence-electron chi connectivity index (χ3n) is 18.3. The Morgan fingerprint density at radius 1 is 0.433 bits per heavy atom. The van der Waals surface area contributed by atoms with Gasteiger partial charge in [0.15, 0.2) is 8.07 Å². The van der Waals surface area contributed by atoms with Crippen LogP contribution in [0.5, 0.6) is 11.5 Å². The molecule has 16 rings (SSSR count). The van der Waals surface area contributed by atoms with Crippen molar-refractivity contribution in [1.29, 1.82) is 0 Å². The van der Waals surface area contributed by atoms with Gasteiger partial charge in [-0.1, -0.05) is 292 Å². The number of rotatable bonds is 10. The molecule has 0 amide bonds. The van der Waals surface area contributed by atoms with Crippen LogP contribution in [0.4, 0.5) is 0 Å². The number of ether oxygens (including phenoxy) is 1. The Bertz CT molecular complexity index is 6450. The van der Waals surface area contributed by atoms with Crippen LogP contribution >= 0.6 is 0 Å². The van der Waals surface area contributed by atoms with E-state index in [-0.39, 0.29) is 42.9 Å². The van der Waals surface area contributed by atoms with Gasteiger partial charge in [-0.3, -0.25) is 4.57 Å². The van der Waals surface area contributed by atoms with Gasteiger partial charge in [-0.25, -0.2) is 4.98 Å². The second-order valence-electron chi connectivity index (χ2n) is 27.3. The number of aromatic nitrogens is 4. The van der Waals surface area contributed by atoms with Gasteiger partial charge in [0.25, 0.3) is 6.33 Å². The first-order valence-corrected chi connectivity index (χ1v) is 33.9. The fourth-order valence-electron chi connectivity index (χ4n) is 13.4. The van der Waals surface area contributed by atoms with E-state index >= 15 is 0 Å². The molecule has 0 N–H and O–H groups in total. The fourth-order valence-corrected chi connectivity index (χ4v) is 16.9. The van der Waals surface area contributed by atoms with Crippen LogP contribution in [0, 0.1) is 18.5 Å². The number of nitrogens with zero attached hydrogens (tertiary/aromatic N) is 4. The van der Waals surface area contributed by atoms with E-state index in [0.717, 1.165) is 77.6 Å². The van der Waals surface area contributed by atoms with Gasteiger partial charge in [0.1, 0.15) is 5.82 Å². The van der Waals surface area contributed by atoms with Crippen LogP contribution in [0.1, 0.15) is 105 Å². The SMILES string of the molecule is [2H]c1c([2H])c([2H])c([Si](c2c([2H])c([2H])c([2H])c([2H])c2[2H])(c2c([2H])c([2H])c([2H])c([2H])c2[2H])c2c([2H])c([2H])c([2H])c(-c3ccc4c(c3)-c3cccc(-c5cc(C(C)(C)C)cc(C(C)(C)C)c5)c3-[n+]3[c-]n(-c5[c-]c(Oc6[c-]c7c(cc6)c6ccccc6n7-c6cc(C(C)(C)C)ccn6)ccc5)c5cccc(c53)-c3ccccc3-4)c2[2H])c([2H])c1[2H].[Pt]. The minimum Gasteiger partial charge on any atom is -0.510 e. The topological polar surface area (TPSA) is 35.9 Å². The van der Waals surface area contributed by atoms with Crippen LogP contribution in [-0.4, -0.2) is 22.2 Å². The van der Waals surface area contributed by atoms with E-state index in [1.807, 2.05) is 118 Å². The van der Waals surface area contributed by atoms with E-state index in [1.165, 1.54) is 0 Å². The standard InChI is InChI=1S/C90H74N4OSi.Pt/c1-88(2,3)63-49-50-91-85(56-63)94-82-43-22-21-39-77(82)78-48-46-68(58-84(78)94)95-67-29-24-28-66(57-67)92-59-93-86-73(62-51-64(89(4,5)6)55-65(52-62)90(7,8)9)40-25-41-80(86)81-54-61(45-47-76(81)74-37-19-20-38-75(74)79-42-26-44-83(92)87(79)93)60-27-23-36-72(53-60)96(69-30-13-10-14-31-69,70-32-15-11-16-33-70)71-34-17-12-18-35-71;/h10-56H,1-9H3;/q-2;/i10D,11D,12D,13D,14D,15D,16D,17D,18D,23D,27D,30D,31D,32D,33D,34D,35D,36D,53D;. The largest absolute Gasteiger partial charge is 0.510 e. The molecule has 0 radical (unpaired) electrons. The van der Waals surface area contributed by atoms with Gasteiger partial charge in [0, 0.05) is 44.3 Å². The van der Waals surface area contributed by atoms with Crippen molar-refractivity contribution in [2.75, 3.05) is 0 Å². The quantitative estimate of drug-likeness (QED) is 0.0592. The van der Waals surface area contributed by atoms with E-state index in [9.17, 15) is 21.9 Å². The molecule has 0 saturated heterocycles. The van der Waals surface area contributed by atoms with Crippen molar-refractivity contribution in [3.63, 3.8) is 0 Å². The number of imidazole rings is 1. The molecule has 7 heteroatoms. The summed E-state index contributed by atoms with van der Waals surface area (Å²) in [7, 11) is -6.22. The van der Waals surface area contributed by atoms with E-state index in [0.29, 0.717) is 45.1 Å². The van der Waals surface area contributed by atoms with Gasteiger partial charge >= 0.3 is 0 Å². The van der Waals surface area contributed by atoms with Crippen molar-refractivity contribution < 1.29 is 56.4 Å². The molecule has 5 nitrogen and oxygen atoms in total. The fraction of sp³-hybridized carbons (Fsp3) is 0.133. The molecule has 97 heavy (non-hydrogen) atoms. The van der Waals surface area contributed by atoms with Crippen LogP contribution in [0.15, 0.2) is 285 Å². The minimum atomic E-state index is -6.22. The van der Waals surface area contributed by atoms with E-state index in [4.69, 9.17) is 13.8 Å². The normalized spacial score (nSPS) is 15.0. The molecular formula is C90H74N4OPtSi-2. The number of benzene rings is 12. The van der Waals surface area contributed by atoms with Crippen LogP contribution < -0.4 is 30.1 Å². The molecule has 0 saturated carbocycles. The Balaban J connectivity index is 0.0000106. The molecule has 0 aliphatic carbocycles. The zero-order chi connectivity index (χ0) is 82.2. The molecular weight excluding hydrogens is 1380 g/mol. The van der Waals surface area contributed by atoms with Crippen LogP contribution in [-0.2, 0) is 37.3 Å². The van der Waals surface area contributed by atoms with Crippen LogP contribution in [0.2, 0.25) is 0 Å². The summed E-state index contributed by atoms with van der Waals surface area (Å²) in [4.78, 5) is 4.89. The van der Waals surface area contributed by atoms with Crippen LogP contribution in [0.3, 0.4) is 0 Å². The van der Waals surface area contributed by atoms with Gasteiger partial charge in [-0.05, 0) is 145 Å². The number of pyridine rings is 1. The number of para-hydroxylation sites is 3. The average molecular weight is 1470 g/mol. The van der Waals surface area contributed by atoms with Crippen molar-refractivity contribution in [2.45, 2.75) is 78.6 Å². The summed E-state index contributed by atoms with van der Waals surface area (Å²) in [6, 6.07) is 41.3. The molecule has 1 aliphatic heterocycles. The molecule has 0 spiro atoms. The first kappa shape index (κ1) is 44.5. The molecule has 15 aromatic rings. The monoisotopic (exact) mass is 1470 g/mol. The Morgan fingerprint density at radius 3 is 1.68 bits per heavy atom. The smallest absolute Gasteiger partial charge is 0.268 e. The molecule has 0 fully saturated rings. The summed E-state index contributed by atoms with van der Waals surface area (Å²) >= 11 is 0. The molecule has 4 heterocycles. The second-order valence-corrected chi connectivity index (χ2v) is 30.8. The van der Waals surface area contributed by atoms with Crippen molar-refractivity contribution in [1.82, 2.24) is 14.1 Å². The summed E-state index contributed by atoms with van der Waals surface area (Å²) < 4.78 is 195. The summed E-state index contributed by atoms with van der Waals surface area (Å²) in [6.45, 7) is 19.5. The summed E-state index contributed by atoms with van der Waals surface area (Å²) in [5.41, 5.74) is 11.9. The van der Waals surface area contributed by atoms with E-state index in [2.05, 4.69) is 128 Å². The van der Waals surface area contributed by atoms with Gasteiger partial charge in [-0.15, -0.1) is 29.7 Å². The summed E-state index contributed by atoms with van der Waals surface area (Å²) in [5.74, 6) is 1.54.